The number of fused-ring (bicyclic) bond motifs is 2. The lowest BCUT2D eigenvalue weighted by molar-refractivity contribution is 0.254. The van der Waals surface area contributed by atoms with Crippen LogP contribution >= 0.6 is 0 Å². The third-order valence-corrected chi connectivity index (χ3v) is 4.94. The molecule has 1 N–H and O–H groups in total. The maximum atomic E-state index is 4.36. The van der Waals surface area contributed by atoms with E-state index in [0.29, 0.717) is 0 Å². The van der Waals surface area contributed by atoms with Gasteiger partial charge in [0.15, 0.2) is 0 Å². The van der Waals surface area contributed by atoms with Crippen molar-refractivity contribution in [3.05, 3.63) is 24.0 Å². The first-order valence-corrected chi connectivity index (χ1v) is 7.90. The van der Waals surface area contributed by atoms with Crippen LogP contribution < -0.4 is 10.2 Å². The van der Waals surface area contributed by atoms with Gasteiger partial charge in [-0.1, -0.05) is 6.92 Å². The molecule has 2 aliphatic rings. The molecule has 4 nitrogen and oxygen atoms in total. The van der Waals surface area contributed by atoms with Crippen LogP contribution in [0.5, 0.6) is 0 Å². The Kier molecular flexibility index (Phi) is 4.22. The number of hydrogen-bond acceptors (Lipinski definition) is 4. The van der Waals surface area contributed by atoms with Crippen LogP contribution in [0.25, 0.3) is 0 Å². The van der Waals surface area contributed by atoms with Crippen LogP contribution in [0.3, 0.4) is 0 Å². The van der Waals surface area contributed by atoms with Crippen LogP contribution in [0, 0.1) is 0 Å². The van der Waals surface area contributed by atoms with Crippen LogP contribution in [0.1, 0.15) is 31.7 Å². The topological polar surface area (TPSA) is 31.4 Å². The van der Waals surface area contributed by atoms with E-state index in [4.69, 9.17) is 0 Å². The molecular weight excluding hydrogens is 248 g/mol. The second-order valence-corrected chi connectivity index (χ2v) is 6.07. The predicted molar refractivity (Wildman–Crippen MR) is 83.0 cm³/mol. The molecule has 3 heterocycles. The molecule has 2 unspecified atom stereocenters. The molecule has 0 radical (unpaired) electrons. The van der Waals surface area contributed by atoms with E-state index in [9.17, 15) is 0 Å². The molecule has 2 saturated heterocycles. The van der Waals surface area contributed by atoms with Crippen molar-refractivity contribution < 1.29 is 0 Å². The molecule has 3 rings (SSSR count). The fraction of sp³-hybridized carbons (Fsp3) is 0.688. The number of likely N-dealkylation sites (N-methyl/N-ethyl adjacent to an activating group) is 1. The number of nitrogens with one attached hydrogen (secondary N) is 1. The molecule has 110 valence electrons. The second kappa shape index (κ2) is 6.10. The Morgan fingerprint density at radius 3 is 3.00 bits per heavy atom. The number of nitrogens with zero attached hydrogens (tertiary/aromatic N) is 3. The summed E-state index contributed by atoms with van der Waals surface area (Å²) < 4.78 is 0. The van der Waals surface area contributed by atoms with Crippen molar-refractivity contribution in [1.82, 2.24) is 15.2 Å². The first-order valence-electron chi connectivity index (χ1n) is 7.90. The summed E-state index contributed by atoms with van der Waals surface area (Å²) in [5, 5.41) is 3.44. The molecule has 0 saturated carbocycles. The summed E-state index contributed by atoms with van der Waals surface area (Å²) in [5.74, 6) is 0. The van der Waals surface area contributed by atoms with Crippen molar-refractivity contribution in [3.63, 3.8) is 0 Å². The Bertz CT molecular complexity index is 448. The van der Waals surface area contributed by atoms with Crippen LogP contribution in [-0.4, -0.2) is 48.6 Å². The maximum absolute atomic E-state index is 4.36. The monoisotopic (exact) mass is 274 g/mol. The smallest absolute Gasteiger partial charge is 0.0598 e. The van der Waals surface area contributed by atoms with E-state index in [1.165, 1.54) is 30.5 Å². The van der Waals surface area contributed by atoms with E-state index in [-0.39, 0.29) is 0 Å². The van der Waals surface area contributed by atoms with Gasteiger partial charge in [0.1, 0.15) is 0 Å². The summed E-state index contributed by atoms with van der Waals surface area (Å²) in [6.45, 7) is 6.42. The van der Waals surface area contributed by atoms with E-state index in [2.05, 4.69) is 40.1 Å². The Labute approximate surface area is 122 Å². The van der Waals surface area contributed by atoms with Gasteiger partial charge in [-0.2, -0.15) is 0 Å². The normalized spacial score (nSPS) is 26.8. The lowest BCUT2D eigenvalue weighted by Gasteiger charge is -2.29. The minimum absolute atomic E-state index is 0.717. The first kappa shape index (κ1) is 13.8. The van der Waals surface area contributed by atoms with Gasteiger partial charge >= 0.3 is 0 Å². The molecule has 0 aromatic carbocycles. The van der Waals surface area contributed by atoms with Crippen molar-refractivity contribution in [3.8, 4) is 0 Å². The number of aromatic nitrogens is 1. The zero-order valence-electron chi connectivity index (χ0n) is 12.7. The SMILES string of the molecule is CCNCc1ccncc1N1CCC2CCC(C1)N2C. The standard InChI is InChI=1S/C16H26N4/c1-3-17-10-13-6-8-18-11-16(13)20-9-7-14-4-5-15(12-20)19(14)2/h6,8,11,14-15,17H,3-5,7,9-10,12H2,1-2H3. The zero-order valence-corrected chi connectivity index (χ0v) is 12.7. The van der Waals surface area contributed by atoms with E-state index >= 15 is 0 Å². The van der Waals surface area contributed by atoms with Crippen molar-refractivity contribution in [1.29, 1.82) is 0 Å². The number of pyridine rings is 1. The van der Waals surface area contributed by atoms with Crippen molar-refractivity contribution in [2.24, 2.45) is 0 Å². The fourth-order valence-corrected chi connectivity index (χ4v) is 3.64. The molecule has 2 fully saturated rings. The van der Waals surface area contributed by atoms with Gasteiger partial charge in [0, 0.05) is 37.9 Å². The first-order chi connectivity index (χ1) is 9.79. The quantitative estimate of drug-likeness (QED) is 0.908. The van der Waals surface area contributed by atoms with Crippen molar-refractivity contribution in [2.45, 2.75) is 44.8 Å². The molecule has 0 aliphatic carbocycles. The van der Waals surface area contributed by atoms with Crippen LogP contribution in [0.15, 0.2) is 18.5 Å². The molecule has 1 aromatic rings. The van der Waals surface area contributed by atoms with Gasteiger partial charge in [0.05, 0.1) is 11.9 Å². The third kappa shape index (κ3) is 2.67. The molecular formula is C16H26N4. The molecule has 2 bridgehead atoms. The fourth-order valence-electron chi connectivity index (χ4n) is 3.64. The second-order valence-electron chi connectivity index (χ2n) is 6.07. The highest BCUT2D eigenvalue weighted by atomic mass is 15.3. The molecule has 2 aliphatic heterocycles. The Morgan fingerprint density at radius 1 is 1.30 bits per heavy atom. The number of hydrogen-bond donors (Lipinski definition) is 1. The average molecular weight is 274 g/mol. The summed E-state index contributed by atoms with van der Waals surface area (Å²) in [4.78, 5) is 9.51. The lowest BCUT2D eigenvalue weighted by atomic mass is 10.1. The third-order valence-electron chi connectivity index (χ3n) is 4.94. The Hall–Kier alpha value is -1.13. The minimum Gasteiger partial charge on any atom is -0.368 e. The summed E-state index contributed by atoms with van der Waals surface area (Å²) in [6, 6.07) is 3.67. The largest absolute Gasteiger partial charge is 0.368 e. The van der Waals surface area contributed by atoms with Gasteiger partial charge in [-0.05, 0) is 44.5 Å². The summed E-state index contributed by atoms with van der Waals surface area (Å²) >= 11 is 0. The van der Waals surface area contributed by atoms with Gasteiger partial charge in [-0.25, -0.2) is 0 Å². The highest BCUT2D eigenvalue weighted by Gasteiger charge is 2.35. The molecule has 0 amide bonds. The highest BCUT2D eigenvalue weighted by molar-refractivity contribution is 5.52. The highest BCUT2D eigenvalue weighted by Crippen LogP contribution is 2.31. The van der Waals surface area contributed by atoms with E-state index < -0.39 is 0 Å². The average Bonchev–Trinajstić information content (AvgIpc) is 2.71. The maximum Gasteiger partial charge on any atom is 0.0598 e. The molecule has 0 spiro atoms. The predicted octanol–water partition coefficient (Wildman–Crippen LogP) is 1.86. The van der Waals surface area contributed by atoms with Crippen LogP contribution in [-0.2, 0) is 6.54 Å². The lowest BCUT2D eigenvalue weighted by Crippen LogP contribution is -2.37. The van der Waals surface area contributed by atoms with Crippen molar-refractivity contribution >= 4 is 5.69 Å². The molecule has 20 heavy (non-hydrogen) atoms. The Morgan fingerprint density at radius 2 is 2.15 bits per heavy atom. The van der Waals surface area contributed by atoms with Gasteiger partial charge in [-0.15, -0.1) is 0 Å². The molecule has 4 heteroatoms. The van der Waals surface area contributed by atoms with Crippen LogP contribution in [0.4, 0.5) is 5.69 Å². The van der Waals surface area contributed by atoms with Gasteiger partial charge in [-0.3, -0.25) is 9.88 Å². The zero-order chi connectivity index (χ0) is 13.9. The van der Waals surface area contributed by atoms with Gasteiger partial charge < -0.3 is 10.2 Å². The van der Waals surface area contributed by atoms with E-state index in [1.54, 1.807) is 0 Å². The molecule has 2 atom stereocenters. The van der Waals surface area contributed by atoms with Crippen molar-refractivity contribution in [2.75, 3.05) is 31.6 Å². The van der Waals surface area contributed by atoms with Gasteiger partial charge in [0.25, 0.3) is 0 Å². The summed E-state index contributed by atoms with van der Waals surface area (Å²) in [6.07, 6.45) is 7.97. The number of rotatable bonds is 4. The Balaban J connectivity index is 1.79. The minimum atomic E-state index is 0.717. The number of anilines is 1. The summed E-state index contributed by atoms with van der Waals surface area (Å²) in [7, 11) is 2.30. The summed E-state index contributed by atoms with van der Waals surface area (Å²) in [5.41, 5.74) is 2.71. The molecule has 1 aromatic heterocycles. The van der Waals surface area contributed by atoms with Gasteiger partial charge in [0.2, 0.25) is 0 Å². The van der Waals surface area contributed by atoms with E-state index in [1.807, 2.05) is 12.4 Å². The van der Waals surface area contributed by atoms with E-state index in [0.717, 1.165) is 38.3 Å². The van der Waals surface area contributed by atoms with Crippen LogP contribution in [0.2, 0.25) is 0 Å².